The Hall–Kier alpha value is -0.610. The van der Waals surface area contributed by atoms with Crippen LogP contribution in [-0.4, -0.2) is 24.5 Å². The van der Waals surface area contributed by atoms with Gasteiger partial charge in [0.05, 0.1) is 10.1 Å². The third kappa shape index (κ3) is 2.69. The molecule has 0 aliphatic rings. The molecule has 0 amide bonds. The van der Waals surface area contributed by atoms with E-state index in [1.165, 1.54) is 0 Å². The second kappa shape index (κ2) is 4.49. The van der Waals surface area contributed by atoms with Crippen LogP contribution in [0.5, 0.6) is 0 Å². The molecule has 3 nitrogen and oxygen atoms in total. The van der Waals surface area contributed by atoms with E-state index in [4.69, 9.17) is 11.6 Å². The van der Waals surface area contributed by atoms with E-state index in [0.717, 1.165) is 0 Å². The highest BCUT2D eigenvalue weighted by Crippen LogP contribution is 2.18. The van der Waals surface area contributed by atoms with Crippen LogP contribution in [0.2, 0.25) is 0 Å². The number of aryl methyl sites for hydroxylation is 2. The van der Waals surface area contributed by atoms with Crippen LogP contribution in [-0.2, 0) is 9.84 Å². The largest absolute Gasteiger partial charge is 0.258 e. The zero-order valence-electron chi connectivity index (χ0n) is 8.99. The van der Waals surface area contributed by atoms with E-state index in [-0.39, 0.29) is 5.88 Å². The summed E-state index contributed by atoms with van der Waals surface area (Å²) in [6.45, 7) is 5.15. The van der Waals surface area contributed by atoms with E-state index in [0.29, 0.717) is 16.3 Å². The van der Waals surface area contributed by atoms with Gasteiger partial charge in [-0.3, -0.25) is 4.98 Å². The predicted octanol–water partition coefficient (Wildman–Crippen LogP) is 2.10. The van der Waals surface area contributed by atoms with Crippen molar-refractivity contribution in [1.82, 2.24) is 4.98 Å². The van der Waals surface area contributed by atoms with Gasteiger partial charge in [-0.25, -0.2) is 8.42 Å². The van der Waals surface area contributed by atoms with Gasteiger partial charge in [0.2, 0.25) is 0 Å². The zero-order valence-corrected chi connectivity index (χ0v) is 10.6. The Kier molecular flexibility index (Phi) is 3.73. The molecular formula is C10H14ClNO2S. The van der Waals surface area contributed by atoms with Gasteiger partial charge in [-0.2, -0.15) is 0 Å². The molecule has 0 bridgehead atoms. The molecule has 5 heteroatoms. The van der Waals surface area contributed by atoms with Gasteiger partial charge >= 0.3 is 0 Å². The Bertz CT molecular complexity index is 436. The fraction of sp³-hybridized carbons (Fsp3) is 0.500. The molecular weight excluding hydrogens is 234 g/mol. The summed E-state index contributed by atoms with van der Waals surface area (Å²) in [5.41, 5.74) is 1.41. The first-order valence-corrected chi connectivity index (χ1v) is 6.71. The maximum absolute atomic E-state index is 12.0. The molecule has 0 fully saturated rings. The molecule has 1 aromatic heterocycles. The third-order valence-electron chi connectivity index (χ3n) is 2.13. The van der Waals surface area contributed by atoms with Crippen molar-refractivity contribution < 1.29 is 8.42 Å². The summed E-state index contributed by atoms with van der Waals surface area (Å²) in [5.74, 6) is 0.1000. The Morgan fingerprint density at radius 2 is 1.80 bits per heavy atom. The summed E-state index contributed by atoms with van der Waals surface area (Å²) in [6.07, 6.45) is 0. The maximum atomic E-state index is 12.0. The maximum Gasteiger partial charge on any atom is 0.182 e. The van der Waals surface area contributed by atoms with Crippen LogP contribution in [0.15, 0.2) is 17.0 Å². The lowest BCUT2D eigenvalue weighted by Crippen LogP contribution is -2.19. The Balaban J connectivity index is 3.27. The normalized spacial score (nSPS) is 13.9. The van der Waals surface area contributed by atoms with Gasteiger partial charge in [0.25, 0.3) is 0 Å². The summed E-state index contributed by atoms with van der Waals surface area (Å²) < 4.78 is 23.9. The highest BCUT2D eigenvalue weighted by molar-refractivity contribution is 7.92. The fourth-order valence-electron chi connectivity index (χ4n) is 1.28. The number of halogens is 1. The Labute approximate surface area is 95.4 Å². The summed E-state index contributed by atoms with van der Waals surface area (Å²) in [5, 5.41) is -0.569. The Morgan fingerprint density at radius 1 is 1.33 bits per heavy atom. The van der Waals surface area contributed by atoms with Crippen molar-refractivity contribution in [2.45, 2.75) is 30.9 Å². The first-order chi connectivity index (χ1) is 6.87. The number of aromatic nitrogens is 1. The number of sulfone groups is 1. The molecule has 0 saturated heterocycles. The van der Waals surface area contributed by atoms with Crippen molar-refractivity contribution >= 4 is 21.4 Å². The van der Waals surface area contributed by atoms with Gasteiger partial charge in [-0.05, 0) is 32.9 Å². The molecule has 1 heterocycles. The summed E-state index contributed by atoms with van der Waals surface area (Å²) in [7, 11) is -3.31. The van der Waals surface area contributed by atoms with Gasteiger partial charge in [-0.15, -0.1) is 11.6 Å². The SMILES string of the molecule is Cc1cc(S(=O)(=O)C(C)CCl)cc(C)n1. The quantitative estimate of drug-likeness (QED) is 0.769. The minimum atomic E-state index is -3.31. The molecule has 1 aromatic rings. The smallest absolute Gasteiger partial charge is 0.182 e. The van der Waals surface area contributed by atoms with Crippen LogP contribution in [0.4, 0.5) is 0 Å². The average molecular weight is 248 g/mol. The number of alkyl halides is 1. The molecule has 1 atom stereocenters. The minimum absolute atomic E-state index is 0.1000. The van der Waals surface area contributed by atoms with Crippen LogP contribution >= 0.6 is 11.6 Å². The van der Waals surface area contributed by atoms with Gasteiger partial charge in [0.15, 0.2) is 9.84 Å². The fourth-order valence-corrected chi connectivity index (χ4v) is 3.07. The van der Waals surface area contributed by atoms with Crippen LogP contribution in [0.1, 0.15) is 18.3 Å². The minimum Gasteiger partial charge on any atom is -0.258 e. The molecule has 0 saturated carbocycles. The molecule has 1 rings (SSSR count). The van der Waals surface area contributed by atoms with Crippen molar-refractivity contribution in [1.29, 1.82) is 0 Å². The molecule has 0 radical (unpaired) electrons. The van der Waals surface area contributed by atoms with E-state index in [2.05, 4.69) is 4.98 Å². The molecule has 0 aliphatic heterocycles. The number of pyridine rings is 1. The van der Waals surface area contributed by atoms with Crippen LogP contribution in [0, 0.1) is 13.8 Å². The van der Waals surface area contributed by atoms with Crippen molar-refractivity contribution in [3.05, 3.63) is 23.5 Å². The lowest BCUT2D eigenvalue weighted by Gasteiger charge is -2.10. The first kappa shape index (κ1) is 12.5. The van der Waals surface area contributed by atoms with Crippen molar-refractivity contribution in [3.8, 4) is 0 Å². The van der Waals surface area contributed by atoms with E-state index >= 15 is 0 Å². The second-order valence-electron chi connectivity index (χ2n) is 3.60. The number of rotatable bonds is 3. The standard InChI is InChI=1S/C10H14ClNO2S/c1-7-4-10(5-8(2)12-7)15(13,14)9(3)6-11/h4-5,9H,6H2,1-3H3. The molecule has 15 heavy (non-hydrogen) atoms. The van der Waals surface area contributed by atoms with E-state index in [1.54, 1.807) is 32.9 Å². The highest BCUT2D eigenvalue weighted by atomic mass is 35.5. The van der Waals surface area contributed by atoms with Gasteiger partial charge in [0, 0.05) is 17.3 Å². The zero-order chi connectivity index (χ0) is 11.6. The van der Waals surface area contributed by atoms with Gasteiger partial charge in [0.1, 0.15) is 0 Å². The van der Waals surface area contributed by atoms with E-state index in [1.807, 2.05) is 0 Å². The van der Waals surface area contributed by atoms with Gasteiger partial charge in [-0.1, -0.05) is 0 Å². The average Bonchev–Trinajstić information content (AvgIpc) is 2.15. The predicted molar refractivity (Wildman–Crippen MR) is 61.1 cm³/mol. The summed E-state index contributed by atoms with van der Waals surface area (Å²) in [4.78, 5) is 4.44. The van der Waals surface area contributed by atoms with Crippen molar-refractivity contribution in [2.75, 3.05) is 5.88 Å². The lowest BCUT2D eigenvalue weighted by atomic mass is 10.3. The summed E-state index contributed by atoms with van der Waals surface area (Å²) in [6, 6.07) is 3.15. The second-order valence-corrected chi connectivity index (χ2v) is 6.27. The molecule has 0 aromatic carbocycles. The molecule has 0 N–H and O–H groups in total. The van der Waals surface area contributed by atoms with Crippen LogP contribution in [0.3, 0.4) is 0 Å². The van der Waals surface area contributed by atoms with Crippen molar-refractivity contribution in [3.63, 3.8) is 0 Å². The monoisotopic (exact) mass is 247 g/mol. The number of hydrogen-bond donors (Lipinski definition) is 0. The molecule has 84 valence electrons. The van der Waals surface area contributed by atoms with Crippen molar-refractivity contribution in [2.24, 2.45) is 0 Å². The lowest BCUT2D eigenvalue weighted by molar-refractivity contribution is 0.587. The van der Waals surface area contributed by atoms with Gasteiger partial charge < -0.3 is 0 Å². The Morgan fingerprint density at radius 3 is 2.20 bits per heavy atom. The summed E-state index contributed by atoms with van der Waals surface area (Å²) >= 11 is 5.57. The number of nitrogens with zero attached hydrogens (tertiary/aromatic N) is 1. The van der Waals surface area contributed by atoms with Crippen LogP contribution < -0.4 is 0 Å². The van der Waals surface area contributed by atoms with E-state index < -0.39 is 15.1 Å². The topological polar surface area (TPSA) is 47.0 Å². The highest BCUT2D eigenvalue weighted by Gasteiger charge is 2.22. The molecule has 0 aliphatic carbocycles. The molecule has 1 unspecified atom stereocenters. The molecule has 0 spiro atoms. The number of hydrogen-bond acceptors (Lipinski definition) is 3. The van der Waals surface area contributed by atoms with E-state index in [9.17, 15) is 8.42 Å². The first-order valence-electron chi connectivity index (χ1n) is 4.63. The van der Waals surface area contributed by atoms with Crippen LogP contribution in [0.25, 0.3) is 0 Å². The third-order valence-corrected chi connectivity index (χ3v) is 4.90.